The molecule has 2 aliphatic heterocycles. The molecule has 2 aromatic carbocycles. The van der Waals surface area contributed by atoms with Crippen molar-refractivity contribution in [2.45, 2.75) is 44.6 Å². The van der Waals surface area contributed by atoms with E-state index in [4.69, 9.17) is 4.42 Å². The van der Waals surface area contributed by atoms with E-state index in [2.05, 4.69) is 0 Å². The Bertz CT molecular complexity index is 1120. The van der Waals surface area contributed by atoms with E-state index < -0.39 is 0 Å². The lowest BCUT2D eigenvalue weighted by molar-refractivity contribution is -0.134. The van der Waals surface area contributed by atoms with Gasteiger partial charge in [-0.05, 0) is 48.9 Å². The van der Waals surface area contributed by atoms with Gasteiger partial charge in [-0.1, -0.05) is 37.1 Å². The zero-order valence-corrected chi connectivity index (χ0v) is 18.0. The van der Waals surface area contributed by atoms with Gasteiger partial charge in [-0.3, -0.25) is 19.3 Å². The molecule has 1 saturated heterocycles. The summed E-state index contributed by atoms with van der Waals surface area (Å²) in [6, 6.07) is 14.8. The largest absolute Gasteiger partial charge is 0.467 e. The molecular weight excluding hydrogens is 404 g/mol. The smallest absolute Gasteiger partial charge is 0.261 e. The average molecular weight is 431 g/mol. The molecule has 164 valence electrons. The van der Waals surface area contributed by atoms with Gasteiger partial charge in [0.1, 0.15) is 5.76 Å². The summed E-state index contributed by atoms with van der Waals surface area (Å²) in [7, 11) is 0. The van der Waals surface area contributed by atoms with Gasteiger partial charge in [0.2, 0.25) is 5.91 Å². The number of rotatable bonds is 5. The third-order valence-electron chi connectivity index (χ3n) is 6.57. The van der Waals surface area contributed by atoms with Crippen LogP contribution in [0.1, 0.15) is 71.0 Å². The molecule has 0 bridgehead atoms. The molecule has 0 radical (unpaired) electrons. The highest BCUT2D eigenvalue weighted by atomic mass is 16.3. The summed E-state index contributed by atoms with van der Waals surface area (Å²) in [6.45, 7) is 0.939. The van der Waals surface area contributed by atoms with E-state index in [1.807, 2.05) is 41.3 Å². The Kier molecular flexibility index (Phi) is 5.52. The summed E-state index contributed by atoms with van der Waals surface area (Å²) < 4.78 is 5.61. The molecule has 1 aromatic heterocycles. The predicted molar refractivity (Wildman–Crippen MR) is 120 cm³/mol. The first-order valence-corrected chi connectivity index (χ1v) is 11.4. The van der Waals surface area contributed by atoms with Gasteiger partial charge in [0.15, 0.2) is 0 Å². The maximum absolute atomic E-state index is 13.1. The van der Waals surface area contributed by atoms with Gasteiger partial charge >= 0.3 is 0 Å². The first-order chi connectivity index (χ1) is 15.6. The lowest BCUT2D eigenvalue weighted by Gasteiger charge is -2.30. The zero-order chi connectivity index (χ0) is 22.1. The molecule has 0 saturated carbocycles. The third-order valence-corrected chi connectivity index (χ3v) is 6.57. The maximum atomic E-state index is 13.1. The minimum absolute atomic E-state index is 0.0391. The van der Waals surface area contributed by atoms with Gasteiger partial charge in [-0.2, -0.15) is 0 Å². The fourth-order valence-electron chi connectivity index (χ4n) is 5.00. The van der Waals surface area contributed by atoms with Crippen LogP contribution in [0.5, 0.6) is 0 Å². The topological polar surface area (TPSA) is 70.8 Å². The van der Waals surface area contributed by atoms with Crippen LogP contribution in [0.4, 0.5) is 0 Å². The van der Waals surface area contributed by atoms with Crippen molar-refractivity contribution >= 4 is 28.5 Å². The number of carbonyl (C=O) groups excluding carboxylic acids is 3. The summed E-state index contributed by atoms with van der Waals surface area (Å²) in [5.74, 6) is 0.309. The number of benzene rings is 2. The van der Waals surface area contributed by atoms with Crippen LogP contribution in [0.3, 0.4) is 0 Å². The lowest BCUT2D eigenvalue weighted by atomic mass is 9.94. The van der Waals surface area contributed by atoms with Crippen molar-refractivity contribution in [2.24, 2.45) is 0 Å². The predicted octanol–water partition coefficient (Wildman–Crippen LogP) is 4.95. The Balaban J connectivity index is 1.28. The Labute approximate surface area is 186 Å². The lowest BCUT2D eigenvalue weighted by Crippen LogP contribution is -2.41. The number of carbonyl (C=O) groups is 3. The molecule has 1 unspecified atom stereocenters. The number of nitrogens with zero attached hydrogens (tertiary/aromatic N) is 2. The van der Waals surface area contributed by atoms with Crippen LogP contribution >= 0.6 is 0 Å². The van der Waals surface area contributed by atoms with Gasteiger partial charge in [-0.15, -0.1) is 0 Å². The van der Waals surface area contributed by atoms with Crippen molar-refractivity contribution in [3.05, 3.63) is 71.7 Å². The van der Waals surface area contributed by atoms with Crippen molar-refractivity contribution < 1.29 is 18.8 Å². The Hall–Kier alpha value is -3.41. The summed E-state index contributed by atoms with van der Waals surface area (Å²) in [4.78, 5) is 42.4. The van der Waals surface area contributed by atoms with Crippen LogP contribution in [0, 0.1) is 0 Å². The monoisotopic (exact) mass is 430 g/mol. The minimum Gasteiger partial charge on any atom is -0.467 e. The van der Waals surface area contributed by atoms with Gasteiger partial charge in [0, 0.05) is 36.0 Å². The van der Waals surface area contributed by atoms with E-state index in [0.717, 1.165) is 42.2 Å². The van der Waals surface area contributed by atoms with Crippen LogP contribution in [0.25, 0.3) is 10.8 Å². The van der Waals surface area contributed by atoms with Gasteiger partial charge in [-0.25, -0.2) is 0 Å². The molecule has 6 heteroatoms. The molecule has 1 atom stereocenters. The molecule has 0 N–H and O–H groups in total. The second-order valence-corrected chi connectivity index (χ2v) is 8.54. The molecule has 5 rings (SSSR count). The molecule has 6 nitrogen and oxygen atoms in total. The highest BCUT2D eigenvalue weighted by Gasteiger charge is 2.33. The van der Waals surface area contributed by atoms with Gasteiger partial charge < -0.3 is 9.32 Å². The van der Waals surface area contributed by atoms with Crippen molar-refractivity contribution in [2.75, 3.05) is 13.1 Å². The molecular formula is C26H26N2O4. The molecule has 0 aliphatic carbocycles. The van der Waals surface area contributed by atoms with E-state index >= 15 is 0 Å². The fraction of sp³-hybridized carbons (Fsp3) is 0.346. The molecule has 3 aromatic rings. The molecule has 3 amide bonds. The average Bonchev–Trinajstić information content (AvgIpc) is 3.23. The van der Waals surface area contributed by atoms with E-state index in [9.17, 15) is 14.4 Å². The number of imide groups is 1. The molecule has 0 spiro atoms. The Morgan fingerprint density at radius 3 is 2.38 bits per heavy atom. The van der Waals surface area contributed by atoms with Crippen molar-refractivity contribution in [1.82, 2.24) is 9.80 Å². The molecule has 2 aliphatic rings. The summed E-state index contributed by atoms with van der Waals surface area (Å²) >= 11 is 0. The van der Waals surface area contributed by atoms with E-state index in [1.54, 1.807) is 18.4 Å². The number of amides is 3. The first kappa shape index (κ1) is 20.5. The van der Waals surface area contributed by atoms with Gasteiger partial charge in [0.05, 0.1) is 12.3 Å². The van der Waals surface area contributed by atoms with Crippen LogP contribution in [-0.2, 0) is 4.79 Å². The Morgan fingerprint density at radius 1 is 0.938 bits per heavy atom. The zero-order valence-electron chi connectivity index (χ0n) is 18.0. The highest BCUT2D eigenvalue weighted by Crippen LogP contribution is 2.32. The number of furan rings is 1. The standard InChI is InChI=1S/C26H26N2O4/c29-23(27-15-3-1-2-12-21(27)22-13-7-17-32-22)14-6-16-28-25(30)19-10-4-8-18-9-5-11-20(24(18)19)26(28)31/h4-5,7-11,13,17,21H,1-3,6,12,14-16H2. The molecule has 3 heterocycles. The van der Waals surface area contributed by atoms with Crippen molar-refractivity contribution in [3.63, 3.8) is 0 Å². The van der Waals surface area contributed by atoms with Crippen LogP contribution in [-0.4, -0.2) is 40.6 Å². The van der Waals surface area contributed by atoms with Crippen LogP contribution < -0.4 is 0 Å². The Morgan fingerprint density at radius 2 is 1.69 bits per heavy atom. The third kappa shape index (κ3) is 3.60. The second kappa shape index (κ2) is 8.61. The number of likely N-dealkylation sites (tertiary alicyclic amines) is 1. The first-order valence-electron chi connectivity index (χ1n) is 11.4. The van der Waals surface area contributed by atoms with Crippen molar-refractivity contribution in [3.8, 4) is 0 Å². The van der Waals surface area contributed by atoms with E-state index in [0.29, 0.717) is 30.5 Å². The van der Waals surface area contributed by atoms with Crippen molar-refractivity contribution in [1.29, 1.82) is 0 Å². The van der Waals surface area contributed by atoms with Gasteiger partial charge in [0.25, 0.3) is 11.8 Å². The molecule has 32 heavy (non-hydrogen) atoms. The summed E-state index contributed by atoms with van der Waals surface area (Å²) in [5.41, 5.74) is 1.10. The van der Waals surface area contributed by atoms with Crippen LogP contribution in [0.2, 0.25) is 0 Å². The summed E-state index contributed by atoms with van der Waals surface area (Å²) in [6.07, 6.45) is 6.42. The number of hydrogen-bond donors (Lipinski definition) is 0. The minimum atomic E-state index is -0.282. The number of hydrogen-bond acceptors (Lipinski definition) is 4. The SMILES string of the molecule is O=C1c2cccc3cccc(c23)C(=O)N1CCCC(=O)N1CCCCCC1c1ccco1. The molecule has 1 fully saturated rings. The summed E-state index contributed by atoms with van der Waals surface area (Å²) in [5, 5.41) is 1.62. The van der Waals surface area contributed by atoms with E-state index in [1.165, 1.54) is 4.90 Å². The van der Waals surface area contributed by atoms with Crippen LogP contribution in [0.15, 0.2) is 59.2 Å². The second-order valence-electron chi connectivity index (χ2n) is 8.54. The highest BCUT2D eigenvalue weighted by molar-refractivity contribution is 6.25. The quantitative estimate of drug-likeness (QED) is 0.537. The fourth-order valence-corrected chi connectivity index (χ4v) is 5.00. The van der Waals surface area contributed by atoms with E-state index in [-0.39, 0.29) is 30.3 Å². The maximum Gasteiger partial charge on any atom is 0.261 e. The normalized spacial score (nSPS) is 18.8.